The topological polar surface area (TPSA) is 90.0 Å². The van der Waals surface area contributed by atoms with Gasteiger partial charge in [0, 0.05) is 18.2 Å². The van der Waals surface area contributed by atoms with Gasteiger partial charge in [-0.15, -0.1) is 0 Å². The summed E-state index contributed by atoms with van der Waals surface area (Å²) < 4.78 is 22.2. The highest BCUT2D eigenvalue weighted by Crippen LogP contribution is 2.34. The van der Waals surface area contributed by atoms with Gasteiger partial charge in [-0.05, 0) is 56.3 Å². The zero-order chi connectivity index (χ0) is 20.3. The van der Waals surface area contributed by atoms with Crippen molar-refractivity contribution in [2.24, 2.45) is 0 Å². The van der Waals surface area contributed by atoms with Gasteiger partial charge in [0.2, 0.25) is 0 Å². The lowest BCUT2D eigenvalue weighted by atomic mass is 10.1. The molecule has 1 fully saturated rings. The molecule has 1 aromatic carbocycles. The molecule has 8 nitrogen and oxygen atoms in total. The summed E-state index contributed by atoms with van der Waals surface area (Å²) >= 11 is 0. The maximum absolute atomic E-state index is 12.7. The molecule has 3 aromatic rings. The molecule has 2 aliphatic rings. The van der Waals surface area contributed by atoms with Gasteiger partial charge in [-0.3, -0.25) is 9.69 Å². The van der Waals surface area contributed by atoms with Crippen molar-refractivity contribution in [1.82, 2.24) is 15.4 Å². The zero-order valence-electron chi connectivity index (χ0n) is 16.5. The maximum atomic E-state index is 12.7. The van der Waals surface area contributed by atoms with Crippen LogP contribution in [0.3, 0.4) is 0 Å². The summed E-state index contributed by atoms with van der Waals surface area (Å²) in [6, 6.07) is 11.0. The molecule has 0 saturated carbocycles. The number of fused-ring (bicyclic) bond motifs is 1. The fourth-order valence-corrected chi connectivity index (χ4v) is 3.94. The SMILES string of the molecule is O=C(NC[C@H](c1ccco1)N1CCCC1)c1cc(-c2ccc3c(c2)OCCO3)on1. The lowest BCUT2D eigenvalue weighted by molar-refractivity contribution is 0.0925. The molecular weight excluding hydrogens is 386 g/mol. The molecule has 1 saturated heterocycles. The molecule has 2 aliphatic heterocycles. The number of rotatable bonds is 6. The van der Waals surface area contributed by atoms with Gasteiger partial charge >= 0.3 is 0 Å². The molecular formula is C22H23N3O5. The summed E-state index contributed by atoms with van der Waals surface area (Å²) in [5, 5.41) is 6.92. The Morgan fingerprint density at radius 2 is 1.93 bits per heavy atom. The smallest absolute Gasteiger partial charge is 0.273 e. The van der Waals surface area contributed by atoms with Crippen LogP contribution < -0.4 is 14.8 Å². The van der Waals surface area contributed by atoms with Crippen LogP contribution in [0.5, 0.6) is 11.5 Å². The molecule has 2 aromatic heterocycles. The normalized spacial score (nSPS) is 17.1. The third-order valence-electron chi connectivity index (χ3n) is 5.48. The number of benzene rings is 1. The first-order chi connectivity index (χ1) is 14.8. The second-order valence-electron chi connectivity index (χ2n) is 7.42. The first kappa shape index (κ1) is 18.7. The molecule has 0 spiro atoms. The Morgan fingerprint density at radius 1 is 1.10 bits per heavy atom. The number of ether oxygens (including phenoxy) is 2. The Hall–Kier alpha value is -3.26. The Balaban J connectivity index is 1.27. The van der Waals surface area contributed by atoms with Crippen molar-refractivity contribution < 1.29 is 23.2 Å². The van der Waals surface area contributed by atoms with E-state index in [-0.39, 0.29) is 17.6 Å². The molecule has 30 heavy (non-hydrogen) atoms. The Morgan fingerprint density at radius 3 is 2.73 bits per heavy atom. The first-order valence-corrected chi connectivity index (χ1v) is 10.2. The first-order valence-electron chi connectivity index (χ1n) is 10.2. The van der Waals surface area contributed by atoms with Crippen LogP contribution in [0.4, 0.5) is 0 Å². The Bertz CT molecular complexity index is 1010. The monoisotopic (exact) mass is 409 g/mol. The number of hydrogen-bond acceptors (Lipinski definition) is 7. The second-order valence-corrected chi connectivity index (χ2v) is 7.42. The maximum Gasteiger partial charge on any atom is 0.273 e. The number of nitrogens with zero attached hydrogens (tertiary/aromatic N) is 2. The lowest BCUT2D eigenvalue weighted by Crippen LogP contribution is -2.36. The van der Waals surface area contributed by atoms with Crippen molar-refractivity contribution in [2.45, 2.75) is 18.9 Å². The molecule has 0 bridgehead atoms. The summed E-state index contributed by atoms with van der Waals surface area (Å²) in [5.74, 6) is 2.44. The van der Waals surface area contributed by atoms with E-state index < -0.39 is 0 Å². The van der Waals surface area contributed by atoms with Crippen LogP contribution >= 0.6 is 0 Å². The highest BCUT2D eigenvalue weighted by atomic mass is 16.6. The summed E-state index contributed by atoms with van der Waals surface area (Å²) in [7, 11) is 0. The summed E-state index contributed by atoms with van der Waals surface area (Å²) in [6.07, 6.45) is 3.98. The number of hydrogen-bond donors (Lipinski definition) is 1. The number of amides is 1. The average Bonchev–Trinajstić information content (AvgIpc) is 3.56. The highest BCUT2D eigenvalue weighted by Gasteiger charge is 2.26. The van der Waals surface area contributed by atoms with Crippen LogP contribution in [-0.2, 0) is 0 Å². The minimum atomic E-state index is -0.279. The van der Waals surface area contributed by atoms with Crippen molar-refractivity contribution >= 4 is 5.91 Å². The van der Waals surface area contributed by atoms with E-state index in [9.17, 15) is 4.79 Å². The third-order valence-corrected chi connectivity index (χ3v) is 5.48. The van der Waals surface area contributed by atoms with Gasteiger partial charge in [0.1, 0.15) is 19.0 Å². The Labute approximate surface area is 173 Å². The van der Waals surface area contributed by atoms with Crippen LogP contribution in [0.1, 0.15) is 35.1 Å². The van der Waals surface area contributed by atoms with E-state index >= 15 is 0 Å². The Kier molecular flexibility index (Phi) is 5.15. The van der Waals surface area contributed by atoms with Gasteiger partial charge in [-0.25, -0.2) is 0 Å². The van der Waals surface area contributed by atoms with Crippen molar-refractivity contribution in [2.75, 3.05) is 32.8 Å². The van der Waals surface area contributed by atoms with Crippen molar-refractivity contribution in [3.63, 3.8) is 0 Å². The highest BCUT2D eigenvalue weighted by molar-refractivity contribution is 5.93. The van der Waals surface area contributed by atoms with Gasteiger partial charge in [0.25, 0.3) is 5.91 Å². The largest absolute Gasteiger partial charge is 0.486 e. The summed E-state index contributed by atoms with van der Waals surface area (Å²) in [6.45, 7) is 3.49. The van der Waals surface area contributed by atoms with E-state index in [1.54, 1.807) is 12.3 Å². The van der Waals surface area contributed by atoms with Crippen molar-refractivity contribution in [3.05, 3.63) is 54.1 Å². The van der Waals surface area contributed by atoms with Gasteiger partial charge in [-0.2, -0.15) is 0 Å². The van der Waals surface area contributed by atoms with E-state index in [0.717, 1.165) is 37.3 Å². The molecule has 0 unspecified atom stereocenters. The number of furan rings is 1. The fraction of sp³-hybridized carbons (Fsp3) is 0.364. The van der Waals surface area contributed by atoms with E-state index in [2.05, 4.69) is 15.4 Å². The van der Waals surface area contributed by atoms with Gasteiger partial charge in [0.15, 0.2) is 23.0 Å². The van der Waals surface area contributed by atoms with Crippen LogP contribution in [0.15, 0.2) is 51.6 Å². The van der Waals surface area contributed by atoms with Gasteiger partial charge < -0.3 is 23.7 Å². The van der Waals surface area contributed by atoms with E-state index in [1.807, 2.05) is 30.3 Å². The zero-order valence-corrected chi connectivity index (χ0v) is 16.5. The molecule has 1 atom stereocenters. The van der Waals surface area contributed by atoms with E-state index in [0.29, 0.717) is 37.0 Å². The van der Waals surface area contributed by atoms with Gasteiger partial charge in [0.05, 0.1) is 12.3 Å². The number of carbonyl (C=O) groups excluding carboxylic acids is 1. The molecule has 4 heterocycles. The number of nitrogens with one attached hydrogen (secondary N) is 1. The molecule has 5 rings (SSSR count). The predicted molar refractivity (Wildman–Crippen MR) is 108 cm³/mol. The fourth-order valence-electron chi connectivity index (χ4n) is 3.94. The average molecular weight is 409 g/mol. The molecule has 8 heteroatoms. The third kappa shape index (κ3) is 3.78. The molecule has 1 amide bonds. The quantitative estimate of drug-likeness (QED) is 0.668. The second kappa shape index (κ2) is 8.23. The standard InChI is InChI=1S/C22H23N3O5/c26-22(23-14-17(18-4-3-9-27-18)25-7-1-2-8-25)16-13-20(30-24-16)15-5-6-19-21(12-15)29-11-10-28-19/h3-6,9,12-13,17H,1-2,7-8,10-11,14H2,(H,23,26)/t17-/m1/s1. The van der Waals surface area contributed by atoms with Crippen molar-refractivity contribution in [1.29, 1.82) is 0 Å². The predicted octanol–water partition coefficient (Wildman–Crippen LogP) is 3.27. The lowest BCUT2D eigenvalue weighted by Gasteiger charge is -2.25. The van der Waals surface area contributed by atoms with Crippen LogP contribution in [0, 0.1) is 0 Å². The van der Waals surface area contributed by atoms with Crippen LogP contribution in [0.25, 0.3) is 11.3 Å². The minimum Gasteiger partial charge on any atom is -0.486 e. The number of likely N-dealkylation sites (tertiary alicyclic amines) is 1. The van der Waals surface area contributed by atoms with Crippen LogP contribution in [0.2, 0.25) is 0 Å². The molecule has 156 valence electrons. The minimum absolute atomic E-state index is 0.00983. The number of aromatic nitrogens is 1. The van der Waals surface area contributed by atoms with E-state index in [4.69, 9.17) is 18.4 Å². The number of carbonyl (C=O) groups is 1. The van der Waals surface area contributed by atoms with Crippen molar-refractivity contribution in [3.8, 4) is 22.8 Å². The van der Waals surface area contributed by atoms with Crippen LogP contribution in [-0.4, -0.2) is 48.8 Å². The van der Waals surface area contributed by atoms with Gasteiger partial charge in [-0.1, -0.05) is 5.16 Å². The van der Waals surface area contributed by atoms with E-state index in [1.165, 1.54) is 0 Å². The summed E-state index contributed by atoms with van der Waals surface area (Å²) in [5.41, 5.74) is 1.01. The molecule has 0 aliphatic carbocycles. The summed E-state index contributed by atoms with van der Waals surface area (Å²) in [4.78, 5) is 15.0. The molecule has 1 N–H and O–H groups in total. The molecule has 0 radical (unpaired) electrons.